The van der Waals surface area contributed by atoms with Crippen LogP contribution >= 0.6 is 0 Å². The number of hydrogen-bond donors (Lipinski definition) is 0. The number of para-hydroxylation sites is 1. The van der Waals surface area contributed by atoms with Gasteiger partial charge in [0.25, 0.3) is 0 Å². The fourth-order valence-corrected chi connectivity index (χ4v) is 7.18. The molecule has 0 fully saturated rings. The Morgan fingerprint density at radius 3 is 1.68 bits per heavy atom. The topological polar surface area (TPSA) is 15.6 Å². The third-order valence-corrected chi connectivity index (χ3v) is 10.1. The van der Waals surface area contributed by atoms with E-state index < -0.39 is 0 Å². The maximum Gasteiger partial charge on any atom is 0.0797 e. The molecule has 0 saturated carbocycles. The number of aryl methyl sites for hydroxylation is 4. The molecule has 2 unspecified atom stereocenters. The number of rotatable bonds is 3. The Kier molecular flexibility index (Phi) is 19.0. The zero-order valence-electron chi connectivity index (χ0n) is 37.0. The average molecular weight is 757 g/mol. The molecule has 2 heteroatoms. The van der Waals surface area contributed by atoms with Crippen molar-refractivity contribution in [2.24, 2.45) is 10.9 Å². The van der Waals surface area contributed by atoms with Gasteiger partial charge in [-0.2, -0.15) is 0 Å². The number of anilines is 2. The van der Waals surface area contributed by atoms with Crippen LogP contribution in [0, 0.1) is 33.6 Å². The second kappa shape index (κ2) is 23.6. The second-order valence-corrected chi connectivity index (χ2v) is 14.3. The van der Waals surface area contributed by atoms with Crippen LogP contribution in [0.1, 0.15) is 95.2 Å². The van der Waals surface area contributed by atoms with Crippen LogP contribution < -0.4 is 4.90 Å². The Hall–Kier alpha value is -5.47. The van der Waals surface area contributed by atoms with Gasteiger partial charge in [-0.1, -0.05) is 173 Å². The summed E-state index contributed by atoms with van der Waals surface area (Å²) in [5.74, 6) is 0.763. The third kappa shape index (κ3) is 12.0. The van der Waals surface area contributed by atoms with Crippen molar-refractivity contribution >= 4 is 22.7 Å². The minimum atomic E-state index is 0.201. The van der Waals surface area contributed by atoms with Crippen LogP contribution in [0.25, 0.3) is 16.7 Å². The van der Waals surface area contributed by atoms with Gasteiger partial charge in [0, 0.05) is 22.5 Å². The first-order valence-electron chi connectivity index (χ1n) is 20.9. The monoisotopic (exact) mass is 757 g/mol. The lowest BCUT2D eigenvalue weighted by Crippen LogP contribution is -2.33. The SMILES string of the molecule is C=CC.CC.CC.CC1=C2c3ccccc3N(c3ccc(C)c(-c4ccccc4C)c3)C2CN=C1c1ccccc1C.CC1=CCC(C)C=C1.Cc1ccccc1. The van der Waals surface area contributed by atoms with E-state index in [4.69, 9.17) is 4.99 Å². The Labute approximate surface area is 347 Å². The minimum Gasteiger partial charge on any atom is -0.331 e. The van der Waals surface area contributed by atoms with Gasteiger partial charge in [-0.05, 0) is 118 Å². The molecule has 298 valence electrons. The number of hydrogen-bond acceptors (Lipinski definition) is 2. The summed E-state index contributed by atoms with van der Waals surface area (Å²) in [6.07, 6.45) is 9.70. The summed E-state index contributed by atoms with van der Waals surface area (Å²) in [5, 5.41) is 0. The van der Waals surface area contributed by atoms with Gasteiger partial charge in [0.15, 0.2) is 0 Å². The van der Waals surface area contributed by atoms with Crippen molar-refractivity contribution in [2.75, 3.05) is 11.4 Å². The first-order chi connectivity index (χ1) is 27.6. The first-order valence-corrected chi connectivity index (χ1v) is 20.9. The lowest BCUT2D eigenvalue weighted by atomic mass is 9.88. The van der Waals surface area contributed by atoms with E-state index in [0.29, 0.717) is 0 Å². The molecular weight excluding hydrogens is 689 g/mol. The van der Waals surface area contributed by atoms with Crippen molar-refractivity contribution in [2.45, 2.75) is 95.5 Å². The maximum atomic E-state index is 5.17. The number of dihydropyridines is 1. The highest BCUT2D eigenvalue weighted by molar-refractivity contribution is 6.20. The Bertz CT molecular complexity index is 2140. The van der Waals surface area contributed by atoms with Crippen LogP contribution in [0.2, 0.25) is 0 Å². The van der Waals surface area contributed by atoms with E-state index in [2.05, 4.69) is 181 Å². The number of nitrogens with zero attached hydrogens (tertiary/aromatic N) is 2. The van der Waals surface area contributed by atoms with Crippen LogP contribution in [-0.2, 0) is 0 Å². The minimum absolute atomic E-state index is 0.201. The van der Waals surface area contributed by atoms with Crippen molar-refractivity contribution < 1.29 is 0 Å². The molecule has 0 amide bonds. The van der Waals surface area contributed by atoms with Gasteiger partial charge in [-0.15, -0.1) is 6.58 Å². The van der Waals surface area contributed by atoms with E-state index in [1.807, 2.05) is 52.8 Å². The van der Waals surface area contributed by atoms with E-state index >= 15 is 0 Å². The molecule has 2 aliphatic heterocycles. The Balaban J connectivity index is 0.000000324. The van der Waals surface area contributed by atoms with Crippen molar-refractivity contribution in [1.82, 2.24) is 0 Å². The number of fused-ring (bicyclic) bond motifs is 3. The molecule has 0 aromatic heterocycles. The first kappa shape index (κ1) is 45.9. The molecule has 57 heavy (non-hydrogen) atoms. The predicted molar refractivity (Wildman–Crippen MR) is 255 cm³/mol. The Morgan fingerprint density at radius 1 is 0.632 bits per heavy atom. The highest BCUT2D eigenvalue weighted by Crippen LogP contribution is 2.48. The van der Waals surface area contributed by atoms with E-state index in [1.54, 1.807) is 6.08 Å². The number of aliphatic imine (C=N–C) groups is 1. The fourth-order valence-electron chi connectivity index (χ4n) is 7.18. The Morgan fingerprint density at radius 2 is 1.16 bits per heavy atom. The molecule has 2 atom stereocenters. The molecule has 0 saturated heterocycles. The second-order valence-electron chi connectivity index (χ2n) is 14.3. The van der Waals surface area contributed by atoms with Crippen molar-refractivity contribution in [1.29, 1.82) is 0 Å². The lowest BCUT2D eigenvalue weighted by Gasteiger charge is -2.31. The van der Waals surface area contributed by atoms with Gasteiger partial charge in [0.2, 0.25) is 0 Å². The number of allylic oxidation sites excluding steroid dienone is 6. The molecule has 8 rings (SSSR count). The van der Waals surface area contributed by atoms with Crippen LogP contribution in [-0.4, -0.2) is 18.3 Å². The van der Waals surface area contributed by atoms with Crippen molar-refractivity contribution in [3.63, 3.8) is 0 Å². The average Bonchev–Trinajstić information content (AvgIpc) is 3.58. The molecule has 5 aromatic rings. The summed E-state index contributed by atoms with van der Waals surface area (Å²) in [5.41, 5.74) is 18.1. The summed E-state index contributed by atoms with van der Waals surface area (Å²) in [7, 11) is 0. The highest BCUT2D eigenvalue weighted by Gasteiger charge is 2.39. The molecule has 0 N–H and O–H groups in total. The van der Waals surface area contributed by atoms with E-state index in [9.17, 15) is 0 Å². The summed E-state index contributed by atoms with van der Waals surface area (Å²) < 4.78 is 0. The third-order valence-electron chi connectivity index (χ3n) is 10.1. The zero-order valence-corrected chi connectivity index (χ0v) is 37.0. The highest BCUT2D eigenvalue weighted by atomic mass is 15.2. The fraction of sp³-hybridized carbons (Fsp3) is 0.291. The lowest BCUT2D eigenvalue weighted by molar-refractivity contribution is 0.731. The molecule has 0 bridgehead atoms. The quantitative estimate of drug-likeness (QED) is 0.167. The summed E-state index contributed by atoms with van der Waals surface area (Å²) in [6.45, 7) is 29.3. The van der Waals surface area contributed by atoms with E-state index in [0.717, 1.165) is 18.2 Å². The van der Waals surface area contributed by atoms with Crippen LogP contribution in [0.15, 0.2) is 168 Å². The number of benzene rings is 5. The van der Waals surface area contributed by atoms with Gasteiger partial charge < -0.3 is 4.90 Å². The van der Waals surface area contributed by atoms with Gasteiger partial charge in [-0.3, -0.25) is 4.99 Å². The largest absolute Gasteiger partial charge is 0.331 e. The smallest absolute Gasteiger partial charge is 0.0797 e. The standard InChI is InChI=1S/C33H30N2.C8H12.C7H8.C3H6.2C2H6/c1-21-11-5-7-13-26(21)29-19-25(18-17-23(29)3)35-30-16-10-9-15-28(30)32-24(4)33(34-20-31(32)35)27-14-8-6-12-22(27)2;1-7-3-5-8(2)6-4-7;1-7-5-3-2-4-6-7;1-3-2;2*1-2/h5-19,31H,20H2,1-4H3;3-5,8H,6H2,1-2H3;2-6H,1H3;3H,1H2,2H3;2*1-2H3. The molecule has 0 spiro atoms. The summed E-state index contributed by atoms with van der Waals surface area (Å²) >= 11 is 0. The molecule has 2 heterocycles. The van der Waals surface area contributed by atoms with Crippen LogP contribution in [0.3, 0.4) is 0 Å². The molecular formula is C55H68N2. The van der Waals surface area contributed by atoms with Crippen LogP contribution in [0.4, 0.5) is 11.4 Å². The molecule has 1 aliphatic carbocycles. The normalized spacial score (nSPS) is 15.7. The predicted octanol–water partition coefficient (Wildman–Crippen LogP) is 15.8. The van der Waals surface area contributed by atoms with Gasteiger partial charge in [0.1, 0.15) is 0 Å². The van der Waals surface area contributed by atoms with Gasteiger partial charge in [-0.25, -0.2) is 0 Å². The summed E-state index contributed by atoms with van der Waals surface area (Å²) in [4.78, 5) is 7.68. The molecule has 2 nitrogen and oxygen atoms in total. The maximum absolute atomic E-state index is 5.17. The molecule has 0 radical (unpaired) electrons. The van der Waals surface area contributed by atoms with Crippen molar-refractivity contribution in [3.8, 4) is 11.1 Å². The summed E-state index contributed by atoms with van der Waals surface area (Å²) in [6, 6.07) is 43.5. The van der Waals surface area contributed by atoms with Crippen molar-refractivity contribution in [3.05, 3.63) is 197 Å². The van der Waals surface area contributed by atoms with Crippen LogP contribution in [0.5, 0.6) is 0 Å². The van der Waals surface area contributed by atoms with E-state index in [-0.39, 0.29) is 6.04 Å². The van der Waals surface area contributed by atoms with Gasteiger partial charge in [0.05, 0.1) is 18.3 Å². The van der Waals surface area contributed by atoms with E-state index in [1.165, 1.54) is 79.0 Å². The molecule has 5 aromatic carbocycles. The molecule has 3 aliphatic rings. The zero-order chi connectivity index (χ0) is 41.9. The van der Waals surface area contributed by atoms with Gasteiger partial charge >= 0.3 is 0 Å².